The Morgan fingerprint density at radius 3 is 2.78 bits per heavy atom. The number of furan rings is 1. The lowest BCUT2D eigenvalue weighted by atomic mass is 10.0. The molecule has 0 spiro atoms. The van der Waals surface area contributed by atoms with Crippen LogP contribution in [0.25, 0.3) is 10.8 Å². The fourth-order valence-corrected chi connectivity index (χ4v) is 3.27. The highest BCUT2D eigenvalue weighted by Gasteiger charge is 2.06. The molecule has 0 saturated heterocycles. The van der Waals surface area contributed by atoms with E-state index in [9.17, 15) is 4.79 Å². The smallest absolute Gasteiger partial charge is 0.224 e. The second kappa shape index (κ2) is 7.88. The Labute approximate surface area is 140 Å². The second-order valence-corrected chi connectivity index (χ2v) is 6.40. The first-order valence-corrected chi connectivity index (χ1v) is 8.82. The average molecular weight is 325 g/mol. The quantitative estimate of drug-likeness (QED) is 0.667. The molecule has 1 aromatic heterocycles. The molecule has 1 heterocycles. The average Bonchev–Trinajstić information content (AvgIpc) is 3.08. The van der Waals surface area contributed by atoms with E-state index in [0.717, 1.165) is 28.2 Å². The third-order valence-corrected chi connectivity index (χ3v) is 4.61. The first-order chi connectivity index (χ1) is 11.3. The number of amides is 1. The Hall–Kier alpha value is -2.20. The van der Waals surface area contributed by atoms with E-state index in [1.54, 1.807) is 18.0 Å². The van der Waals surface area contributed by atoms with Crippen molar-refractivity contribution < 1.29 is 9.21 Å². The molecule has 0 unspecified atom stereocenters. The first-order valence-electron chi connectivity index (χ1n) is 7.66. The number of hydrogen-bond acceptors (Lipinski definition) is 3. The van der Waals surface area contributed by atoms with Gasteiger partial charge in [0.25, 0.3) is 0 Å². The van der Waals surface area contributed by atoms with E-state index in [4.69, 9.17) is 4.42 Å². The van der Waals surface area contributed by atoms with Crippen LogP contribution in [0.15, 0.2) is 65.3 Å². The van der Waals surface area contributed by atoms with Gasteiger partial charge in [0.05, 0.1) is 18.4 Å². The van der Waals surface area contributed by atoms with Crippen LogP contribution in [-0.2, 0) is 17.0 Å². The highest BCUT2D eigenvalue weighted by Crippen LogP contribution is 2.18. The SMILES string of the molecule is O=C(Cc1cccc2ccccc12)NCCSCc1ccco1. The summed E-state index contributed by atoms with van der Waals surface area (Å²) in [5.41, 5.74) is 1.07. The highest BCUT2D eigenvalue weighted by atomic mass is 32.2. The summed E-state index contributed by atoms with van der Waals surface area (Å²) in [6, 6.07) is 18.1. The van der Waals surface area contributed by atoms with E-state index >= 15 is 0 Å². The van der Waals surface area contributed by atoms with Crippen molar-refractivity contribution in [2.24, 2.45) is 0 Å². The van der Waals surface area contributed by atoms with Crippen LogP contribution in [0.4, 0.5) is 0 Å². The number of rotatable bonds is 7. The van der Waals surface area contributed by atoms with Crippen molar-refractivity contribution in [2.45, 2.75) is 12.2 Å². The van der Waals surface area contributed by atoms with E-state index in [1.807, 2.05) is 36.4 Å². The minimum Gasteiger partial charge on any atom is -0.468 e. The molecule has 0 bridgehead atoms. The standard InChI is InChI=1S/C19H19NO2S/c21-19(20-10-12-23-14-17-8-4-11-22-17)13-16-7-3-6-15-5-1-2-9-18(15)16/h1-9,11H,10,12-14H2,(H,20,21). The van der Waals surface area contributed by atoms with Crippen molar-refractivity contribution in [3.63, 3.8) is 0 Å². The topological polar surface area (TPSA) is 42.2 Å². The maximum absolute atomic E-state index is 12.1. The predicted octanol–water partition coefficient (Wildman–Crippen LogP) is 4.02. The van der Waals surface area contributed by atoms with Crippen LogP contribution in [-0.4, -0.2) is 18.2 Å². The van der Waals surface area contributed by atoms with Crippen molar-refractivity contribution in [3.8, 4) is 0 Å². The molecule has 23 heavy (non-hydrogen) atoms. The van der Waals surface area contributed by atoms with E-state index in [-0.39, 0.29) is 5.91 Å². The molecular formula is C19H19NO2S. The summed E-state index contributed by atoms with van der Waals surface area (Å²) in [5.74, 6) is 2.76. The summed E-state index contributed by atoms with van der Waals surface area (Å²) in [6.07, 6.45) is 2.10. The monoisotopic (exact) mass is 325 g/mol. The first kappa shape index (κ1) is 15.7. The summed E-state index contributed by atoms with van der Waals surface area (Å²) < 4.78 is 5.27. The van der Waals surface area contributed by atoms with Gasteiger partial charge in [0.15, 0.2) is 0 Å². The molecule has 2 aromatic carbocycles. The molecule has 0 aliphatic rings. The molecule has 1 amide bonds. The molecule has 0 fully saturated rings. The molecule has 3 rings (SSSR count). The van der Waals surface area contributed by atoms with E-state index in [1.165, 1.54) is 5.39 Å². The maximum Gasteiger partial charge on any atom is 0.224 e. The van der Waals surface area contributed by atoms with Gasteiger partial charge in [-0.2, -0.15) is 11.8 Å². The van der Waals surface area contributed by atoms with Crippen LogP contribution in [0.5, 0.6) is 0 Å². The largest absolute Gasteiger partial charge is 0.468 e. The zero-order chi connectivity index (χ0) is 15.9. The number of thioether (sulfide) groups is 1. The van der Waals surface area contributed by atoms with Gasteiger partial charge in [0.1, 0.15) is 5.76 Å². The fourth-order valence-electron chi connectivity index (χ4n) is 2.51. The lowest BCUT2D eigenvalue weighted by molar-refractivity contribution is -0.120. The van der Waals surface area contributed by atoms with Gasteiger partial charge in [-0.3, -0.25) is 4.79 Å². The van der Waals surface area contributed by atoms with E-state index < -0.39 is 0 Å². The van der Waals surface area contributed by atoms with Crippen LogP contribution in [0.1, 0.15) is 11.3 Å². The van der Waals surface area contributed by atoms with Gasteiger partial charge in [0.2, 0.25) is 5.91 Å². The molecule has 0 saturated carbocycles. The number of hydrogen-bond donors (Lipinski definition) is 1. The number of benzene rings is 2. The van der Waals surface area contributed by atoms with Crippen LogP contribution in [0.2, 0.25) is 0 Å². The summed E-state index contributed by atoms with van der Waals surface area (Å²) >= 11 is 1.75. The summed E-state index contributed by atoms with van der Waals surface area (Å²) in [4.78, 5) is 12.1. The lowest BCUT2D eigenvalue weighted by Gasteiger charge is -2.07. The Morgan fingerprint density at radius 1 is 1.04 bits per heavy atom. The van der Waals surface area contributed by atoms with Gasteiger partial charge in [-0.05, 0) is 28.5 Å². The van der Waals surface area contributed by atoms with Gasteiger partial charge in [-0.15, -0.1) is 0 Å². The Bertz CT molecular complexity index is 763. The molecule has 1 N–H and O–H groups in total. The van der Waals surface area contributed by atoms with Crippen molar-refractivity contribution in [2.75, 3.05) is 12.3 Å². The molecule has 0 aliphatic carbocycles. The van der Waals surface area contributed by atoms with Gasteiger partial charge < -0.3 is 9.73 Å². The summed E-state index contributed by atoms with van der Waals surface area (Å²) in [5, 5.41) is 5.31. The van der Waals surface area contributed by atoms with Crippen molar-refractivity contribution in [3.05, 3.63) is 72.2 Å². The molecular weight excluding hydrogens is 306 g/mol. The Kier molecular flexibility index (Phi) is 5.37. The molecule has 0 atom stereocenters. The molecule has 0 radical (unpaired) electrons. The minimum absolute atomic E-state index is 0.0694. The molecule has 4 heteroatoms. The number of carbonyl (C=O) groups is 1. The van der Waals surface area contributed by atoms with Crippen LogP contribution in [0.3, 0.4) is 0 Å². The van der Waals surface area contributed by atoms with Gasteiger partial charge in [-0.1, -0.05) is 42.5 Å². The molecule has 0 aliphatic heterocycles. The van der Waals surface area contributed by atoms with Crippen LogP contribution in [0, 0.1) is 0 Å². The van der Waals surface area contributed by atoms with Gasteiger partial charge in [0, 0.05) is 12.3 Å². The lowest BCUT2D eigenvalue weighted by Crippen LogP contribution is -2.27. The van der Waals surface area contributed by atoms with Gasteiger partial charge >= 0.3 is 0 Å². The van der Waals surface area contributed by atoms with Crippen LogP contribution < -0.4 is 5.32 Å². The zero-order valence-electron chi connectivity index (χ0n) is 12.8. The van der Waals surface area contributed by atoms with E-state index in [0.29, 0.717) is 13.0 Å². The Balaban J connectivity index is 1.45. The summed E-state index contributed by atoms with van der Waals surface area (Å²) in [7, 11) is 0. The summed E-state index contributed by atoms with van der Waals surface area (Å²) in [6.45, 7) is 0.676. The van der Waals surface area contributed by atoms with Gasteiger partial charge in [-0.25, -0.2) is 0 Å². The molecule has 3 aromatic rings. The second-order valence-electron chi connectivity index (χ2n) is 5.30. The van der Waals surface area contributed by atoms with E-state index in [2.05, 4.69) is 23.5 Å². The highest BCUT2D eigenvalue weighted by molar-refractivity contribution is 7.98. The Morgan fingerprint density at radius 2 is 1.91 bits per heavy atom. The number of nitrogens with one attached hydrogen (secondary N) is 1. The third-order valence-electron chi connectivity index (χ3n) is 3.62. The maximum atomic E-state index is 12.1. The van der Waals surface area contributed by atoms with Crippen molar-refractivity contribution >= 4 is 28.4 Å². The molecule has 118 valence electrons. The zero-order valence-corrected chi connectivity index (χ0v) is 13.6. The number of fused-ring (bicyclic) bond motifs is 1. The normalized spacial score (nSPS) is 10.8. The third kappa shape index (κ3) is 4.39. The number of carbonyl (C=O) groups excluding carboxylic acids is 1. The predicted molar refractivity (Wildman–Crippen MR) is 95.5 cm³/mol. The fraction of sp³-hybridized carbons (Fsp3) is 0.211. The van der Waals surface area contributed by atoms with Crippen molar-refractivity contribution in [1.82, 2.24) is 5.32 Å². The van der Waals surface area contributed by atoms with Crippen LogP contribution >= 0.6 is 11.8 Å². The van der Waals surface area contributed by atoms with Crippen molar-refractivity contribution in [1.29, 1.82) is 0 Å². The molecule has 3 nitrogen and oxygen atoms in total. The minimum atomic E-state index is 0.0694.